The number of halogens is 3. The van der Waals surface area contributed by atoms with Crippen molar-refractivity contribution in [3.05, 3.63) is 29.8 Å². The third-order valence-corrected chi connectivity index (χ3v) is 7.43. The number of nitrogens with two attached hydrogens (primary N) is 1. The minimum absolute atomic E-state index is 0.262. The van der Waals surface area contributed by atoms with E-state index in [0.717, 1.165) is 12.1 Å². The lowest BCUT2D eigenvalue weighted by molar-refractivity contribution is -0.137. The van der Waals surface area contributed by atoms with Crippen LogP contribution in [0.3, 0.4) is 0 Å². The number of piperidine rings is 2. The molecule has 0 aliphatic carbocycles. The number of benzene rings is 1. The summed E-state index contributed by atoms with van der Waals surface area (Å²) in [5.41, 5.74) is 4.54. The first kappa shape index (κ1) is 21.8. The van der Waals surface area contributed by atoms with Gasteiger partial charge in [0.2, 0.25) is 5.91 Å². The molecule has 2 fully saturated rings. The SMILES string of the molecule is NC(=O)C1CCN(S(=O)(=O)N2CCC(Oc3ccc(C(F)(F)F)cc3)CC2)CC1. The Morgan fingerprint density at radius 2 is 1.45 bits per heavy atom. The van der Waals surface area contributed by atoms with Crippen molar-refractivity contribution in [2.24, 2.45) is 11.7 Å². The van der Waals surface area contributed by atoms with Gasteiger partial charge in [0, 0.05) is 32.1 Å². The fourth-order valence-electron chi connectivity index (χ4n) is 3.63. The highest BCUT2D eigenvalue weighted by Crippen LogP contribution is 2.31. The molecule has 0 bridgehead atoms. The maximum atomic E-state index is 12.8. The van der Waals surface area contributed by atoms with Gasteiger partial charge in [0.05, 0.1) is 5.56 Å². The fraction of sp³-hybridized carbons (Fsp3) is 0.611. The summed E-state index contributed by atoms with van der Waals surface area (Å²) in [7, 11) is -3.62. The van der Waals surface area contributed by atoms with Crippen molar-refractivity contribution in [3.8, 4) is 5.75 Å². The summed E-state index contributed by atoms with van der Waals surface area (Å²) >= 11 is 0. The van der Waals surface area contributed by atoms with Crippen LogP contribution in [0.15, 0.2) is 24.3 Å². The zero-order valence-electron chi connectivity index (χ0n) is 15.8. The molecule has 1 aromatic carbocycles. The topological polar surface area (TPSA) is 92.9 Å². The first-order chi connectivity index (χ1) is 13.6. The molecule has 2 heterocycles. The minimum atomic E-state index is -4.40. The van der Waals surface area contributed by atoms with Crippen LogP contribution in [0.2, 0.25) is 0 Å². The molecule has 29 heavy (non-hydrogen) atoms. The van der Waals surface area contributed by atoms with Crippen molar-refractivity contribution < 1.29 is 31.1 Å². The molecular weight excluding hydrogens is 411 g/mol. The van der Waals surface area contributed by atoms with E-state index in [1.54, 1.807) is 0 Å². The van der Waals surface area contributed by atoms with E-state index >= 15 is 0 Å². The van der Waals surface area contributed by atoms with E-state index in [9.17, 15) is 26.4 Å². The van der Waals surface area contributed by atoms with Crippen LogP contribution in [-0.4, -0.2) is 55.2 Å². The first-order valence-electron chi connectivity index (χ1n) is 9.46. The molecule has 11 heteroatoms. The number of ether oxygens (including phenoxy) is 1. The summed E-state index contributed by atoms with van der Waals surface area (Å²) in [6.07, 6.45) is -2.94. The van der Waals surface area contributed by atoms with Crippen LogP contribution in [0.25, 0.3) is 0 Å². The number of amides is 1. The van der Waals surface area contributed by atoms with Gasteiger partial charge in [-0.1, -0.05) is 0 Å². The number of carbonyl (C=O) groups is 1. The maximum absolute atomic E-state index is 12.8. The summed E-state index contributed by atoms with van der Waals surface area (Å²) < 4.78 is 71.9. The number of hydrogen-bond acceptors (Lipinski definition) is 4. The Labute approximate surface area is 167 Å². The third-order valence-electron chi connectivity index (χ3n) is 5.39. The Kier molecular flexibility index (Phi) is 6.39. The zero-order chi connectivity index (χ0) is 21.2. The van der Waals surface area contributed by atoms with Crippen molar-refractivity contribution in [2.75, 3.05) is 26.2 Å². The molecule has 2 aliphatic rings. The van der Waals surface area contributed by atoms with Gasteiger partial charge in [0.25, 0.3) is 10.2 Å². The van der Waals surface area contributed by atoms with E-state index in [4.69, 9.17) is 10.5 Å². The number of carbonyl (C=O) groups excluding carboxylic acids is 1. The molecule has 0 saturated carbocycles. The summed E-state index contributed by atoms with van der Waals surface area (Å²) in [6.45, 7) is 1.06. The zero-order valence-corrected chi connectivity index (χ0v) is 16.6. The average Bonchev–Trinajstić information content (AvgIpc) is 2.68. The Hall–Kier alpha value is -1.85. The van der Waals surface area contributed by atoms with Crippen LogP contribution in [0, 0.1) is 5.92 Å². The molecule has 0 unspecified atom stereocenters. The van der Waals surface area contributed by atoms with Crippen LogP contribution < -0.4 is 10.5 Å². The smallest absolute Gasteiger partial charge is 0.416 e. The van der Waals surface area contributed by atoms with Crippen LogP contribution in [0.1, 0.15) is 31.2 Å². The second kappa shape index (κ2) is 8.49. The van der Waals surface area contributed by atoms with Gasteiger partial charge in [-0.05, 0) is 49.9 Å². The molecule has 7 nitrogen and oxygen atoms in total. The standard InChI is InChI=1S/C18H24F3N3O4S/c19-18(20,21)14-1-3-15(4-2-14)28-16-7-11-24(12-8-16)29(26,27)23-9-5-13(6-10-23)17(22)25/h1-4,13,16H,5-12H2,(H2,22,25). The van der Waals surface area contributed by atoms with Crippen LogP contribution in [-0.2, 0) is 21.2 Å². The lowest BCUT2D eigenvalue weighted by atomic mass is 9.98. The lowest BCUT2D eigenvalue weighted by Crippen LogP contribution is -2.51. The van der Waals surface area contributed by atoms with Gasteiger partial charge < -0.3 is 10.5 Å². The molecule has 3 rings (SSSR count). The predicted octanol–water partition coefficient (Wildman–Crippen LogP) is 1.99. The lowest BCUT2D eigenvalue weighted by Gasteiger charge is -2.37. The van der Waals surface area contributed by atoms with Gasteiger partial charge in [0.15, 0.2) is 0 Å². The monoisotopic (exact) mass is 435 g/mol. The van der Waals surface area contributed by atoms with E-state index in [0.29, 0.717) is 31.4 Å². The summed E-state index contributed by atoms with van der Waals surface area (Å²) in [6, 6.07) is 4.47. The number of hydrogen-bond donors (Lipinski definition) is 1. The summed E-state index contributed by atoms with van der Waals surface area (Å²) in [5.74, 6) is -0.361. The van der Waals surface area contributed by atoms with E-state index in [1.165, 1.54) is 20.7 Å². The fourth-order valence-corrected chi connectivity index (χ4v) is 5.30. The molecule has 1 amide bonds. The van der Waals surface area contributed by atoms with Gasteiger partial charge >= 0.3 is 6.18 Å². The average molecular weight is 435 g/mol. The Morgan fingerprint density at radius 3 is 1.90 bits per heavy atom. The highest BCUT2D eigenvalue weighted by Gasteiger charge is 2.36. The molecule has 162 valence electrons. The van der Waals surface area contributed by atoms with E-state index in [2.05, 4.69) is 0 Å². The normalized spacial score (nSPS) is 21.2. The number of nitrogens with zero attached hydrogens (tertiary/aromatic N) is 2. The number of alkyl halides is 3. The van der Waals surface area contributed by atoms with Crippen molar-refractivity contribution >= 4 is 16.1 Å². The van der Waals surface area contributed by atoms with Gasteiger partial charge in [0.1, 0.15) is 11.9 Å². The third kappa shape index (κ3) is 5.20. The molecule has 2 saturated heterocycles. The Balaban J connectivity index is 1.51. The predicted molar refractivity (Wildman–Crippen MR) is 99.1 cm³/mol. The largest absolute Gasteiger partial charge is 0.490 e. The molecule has 2 N–H and O–H groups in total. The Morgan fingerprint density at radius 1 is 0.966 bits per heavy atom. The molecule has 0 radical (unpaired) electrons. The number of rotatable bonds is 5. The molecule has 0 spiro atoms. The van der Waals surface area contributed by atoms with Gasteiger partial charge in [-0.15, -0.1) is 0 Å². The van der Waals surface area contributed by atoms with Crippen LogP contribution in [0.5, 0.6) is 5.75 Å². The van der Waals surface area contributed by atoms with Gasteiger partial charge in [-0.2, -0.15) is 30.2 Å². The Bertz CT molecular complexity index is 814. The van der Waals surface area contributed by atoms with Crippen molar-refractivity contribution in [3.63, 3.8) is 0 Å². The van der Waals surface area contributed by atoms with Gasteiger partial charge in [-0.25, -0.2) is 0 Å². The second-order valence-electron chi connectivity index (χ2n) is 7.32. The van der Waals surface area contributed by atoms with Crippen molar-refractivity contribution in [2.45, 2.75) is 38.0 Å². The molecule has 0 atom stereocenters. The van der Waals surface area contributed by atoms with E-state index in [-0.39, 0.29) is 38.2 Å². The quantitative estimate of drug-likeness (QED) is 0.766. The maximum Gasteiger partial charge on any atom is 0.416 e. The van der Waals surface area contributed by atoms with Crippen molar-refractivity contribution in [1.82, 2.24) is 8.61 Å². The van der Waals surface area contributed by atoms with E-state index in [1.807, 2.05) is 0 Å². The summed E-state index contributed by atoms with van der Waals surface area (Å²) in [4.78, 5) is 11.2. The summed E-state index contributed by atoms with van der Waals surface area (Å²) in [5, 5.41) is 0. The molecule has 0 aromatic heterocycles. The van der Waals surface area contributed by atoms with Crippen molar-refractivity contribution in [1.29, 1.82) is 0 Å². The highest BCUT2D eigenvalue weighted by molar-refractivity contribution is 7.86. The van der Waals surface area contributed by atoms with E-state index < -0.39 is 27.9 Å². The molecular formula is C18H24F3N3O4S. The second-order valence-corrected chi connectivity index (χ2v) is 9.25. The molecule has 2 aliphatic heterocycles. The number of primary amides is 1. The highest BCUT2D eigenvalue weighted by atomic mass is 32.2. The van der Waals surface area contributed by atoms with Crippen LogP contribution >= 0.6 is 0 Å². The van der Waals surface area contributed by atoms with Gasteiger partial charge in [-0.3, -0.25) is 4.79 Å². The van der Waals surface area contributed by atoms with Crippen LogP contribution in [0.4, 0.5) is 13.2 Å². The minimum Gasteiger partial charge on any atom is -0.490 e. The first-order valence-corrected chi connectivity index (χ1v) is 10.9. The molecule has 1 aromatic rings.